The third kappa shape index (κ3) is 6.69. The molecule has 0 unspecified atom stereocenters. The van der Waals surface area contributed by atoms with E-state index in [0.29, 0.717) is 0 Å². The van der Waals surface area contributed by atoms with E-state index in [-0.39, 0.29) is 5.41 Å². The summed E-state index contributed by atoms with van der Waals surface area (Å²) in [6.07, 6.45) is 2.07. The summed E-state index contributed by atoms with van der Waals surface area (Å²) in [5, 5.41) is 4.70. The van der Waals surface area contributed by atoms with Crippen molar-refractivity contribution in [1.82, 2.24) is 9.55 Å². The van der Waals surface area contributed by atoms with Crippen LogP contribution in [-0.2, 0) is 10.8 Å². The van der Waals surface area contributed by atoms with E-state index < -0.39 is 5.41 Å². The van der Waals surface area contributed by atoms with E-state index >= 15 is 0 Å². The van der Waals surface area contributed by atoms with Crippen molar-refractivity contribution in [2.75, 3.05) is 9.80 Å². The first-order valence-electron chi connectivity index (χ1n) is 27.1. The zero-order valence-electron chi connectivity index (χ0n) is 43.8. The van der Waals surface area contributed by atoms with Gasteiger partial charge in [0.05, 0.1) is 22.1 Å². The van der Waals surface area contributed by atoms with Crippen LogP contribution in [0.4, 0.5) is 34.1 Å². The number of hydrogen-bond acceptors (Lipinski definition) is 3. The van der Waals surface area contributed by atoms with Gasteiger partial charge in [-0.3, -0.25) is 4.57 Å². The Bertz CT molecular complexity index is 4340. The minimum atomic E-state index is -0.719. The first-order valence-corrected chi connectivity index (χ1v) is 27.1. The molecular weight excluding hydrogens is 945 g/mol. The summed E-state index contributed by atoms with van der Waals surface area (Å²) in [4.78, 5) is 10.5. The van der Waals surface area contributed by atoms with Crippen LogP contribution in [-0.4, -0.2) is 9.55 Å². The van der Waals surface area contributed by atoms with Crippen LogP contribution in [0.5, 0.6) is 0 Å². The fraction of sp³-hybridized carbons (Fsp3) is 0.0676. The Labute approximate surface area is 455 Å². The van der Waals surface area contributed by atoms with Gasteiger partial charge in [0.1, 0.15) is 5.82 Å². The van der Waals surface area contributed by atoms with Crippen molar-refractivity contribution in [3.05, 3.63) is 312 Å². The number of anilines is 6. The second kappa shape index (κ2) is 17.7. The van der Waals surface area contributed by atoms with Crippen LogP contribution in [0.2, 0.25) is 0 Å². The number of para-hydroxylation sites is 4. The molecule has 0 radical (unpaired) electrons. The van der Waals surface area contributed by atoms with E-state index in [4.69, 9.17) is 4.98 Å². The van der Waals surface area contributed by atoms with Gasteiger partial charge in [-0.1, -0.05) is 196 Å². The topological polar surface area (TPSA) is 24.3 Å². The molecule has 1 spiro atoms. The fourth-order valence-electron chi connectivity index (χ4n) is 13.5. The highest BCUT2D eigenvalue weighted by molar-refractivity contribution is 6.23. The molecule has 15 rings (SSSR count). The minimum absolute atomic E-state index is 0.276. The van der Waals surface area contributed by atoms with Gasteiger partial charge in [-0.2, -0.15) is 0 Å². The van der Waals surface area contributed by atoms with Gasteiger partial charge in [0, 0.05) is 61.9 Å². The number of nitrogens with zero attached hydrogens (tertiary/aromatic N) is 4. The average molecular weight is 999 g/mol. The number of hydrogen-bond donors (Lipinski definition) is 0. The Morgan fingerprint density at radius 1 is 0.397 bits per heavy atom. The standard InChI is InChI=1S/C74H54N4/c1-49-43-53(50-25-9-4-10-26-50)48-75-72(49)78-67-46-58(76(54-29-11-5-12-30-54)55-31-13-6-14-32-55)41-42-59(67)70-68(77(56-33-15-7-16-34-56)57-35-17-8-18-36-57)47-66-69(71(70)78)60-44-51-27-19-20-28-52(51)45-65(60)74(66)63-39-23-21-37-61(63)73(2,3)62-38-22-24-40-64(62)74/h4-48H,1-3H3. The maximum Gasteiger partial charge on any atom is 0.140 e. The molecule has 0 atom stereocenters. The van der Waals surface area contributed by atoms with Gasteiger partial charge in [-0.15, -0.1) is 0 Å². The molecule has 2 aliphatic carbocycles. The van der Waals surface area contributed by atoms with Gasteiger partial charge in [0.25, 0.3) is 0 Å². The number of rotatable bonds is 8. The number of aryl methyl sites for hydroxylation is 1. The molecule has 13 aromatic rings. The maximum absolute atomic E-state index is 5.64. The predicted molar refractivity (Wildman–Crippen MR) is 325 cm³/mol. The molecule has 370 valence electrons. The molecular formula is C74H54N4. The lowest BCUT2D eigenvalue weighted by molar-refractivity contribution is 0.563. The lowest BCUT2D eigenvalue weighted by Gasteiger charge is -2.46. The summed E-state index contributed by atoms with van der Waals surface area (Å²) in [6.45, 7) is 7.06. The van der Waals surface area contributed by atoms with Crippen molar-refractivity contribution in [1.29, 1.82) is 0 Å². The van der Waals surface area contributed by atoms with E-state index in [9.17, 15) is 0 Å². The summed E-state index contributed by atoms with van der Waals surface area (Å²) < 4.78 is 2.53. The van der Waals surface area contributed by atoms with E-state index in [1.807, 2.05) is 0 Å². The molecule has 2 aromatic heterocycles. The average Bonchev–Trinajstić information content (AvgIpc) is 2.18. The lowest BCUT2D eigenvalue weighted by atomic mass is 9.55. The molecule has 2 aliphatic rings. The highest BCUT2D eigenvalue weighted by Crippen LogP contribution is 2.65. The Morgan fingerprint density at radius 2 is 0.885 bits per heavy atom. The number of benzene rings is 11. The molecule has 0 saturated heterocycles. The molecule has 0 amide bonds. The van der Waals surface area contributed by atoms with Gasteiger partial charge >= 0.3 is 0 Å². The second-order valence-corrected chi connectivity index (χ2v) is 21.5. The summed E-state index contributed by atoms with van der Waals surface area (Å²) in [6, 6.07) is 98.5. The van der Waals surface area contributed by atoms with E-state index in [1.54, 1.807) is 0 Å². The normalized spacial score (nSPS) is 13.5. The molecule has 0 fully saturated rings. The Hall–Kier alpha value is -9.77. The van der Waals surface area contributed by atoms with Crippen LogP contribution < -0.4 is 9.80 Å². The van der Waals surface area contributed by atoms with Crippen LogP contribution in [0.15, 0.2) is 273 Å². The van der Waals surface area contributed by atoms with Gasteiger partial charge in [-0.25, -0.2) is 4.98 Å². The lowest BCUT2D eigenvalue weighted by Crippen LogP contribution is -2.40. The highest BCUT2D eigenvalue weighted by atomic mass is 15.2. The van der Waals surface area contributed by atoms with Crippen molar-refractivity contribution < 1.29 is 0 Å². The summed E-state index contributed by atoms with van der Waals surface area (Å²) >= 11 is 0. The van der Waals surface area contributed by atoms with Crippen molar-refractivity contribution in [2.24, 2.45) is 0 Å². The Kier molecular flexibility index (Phi) is 10.3. The first kappa shape index (κ1) is 45.6. The van der Waals surface area contributed by atoms with Gasteiger partial charge < -0.3 is 9.80 Å². The third-order valence-corrected chi connectivity index (χ3v) is 16.9. The van der Waals surface area contributed by atoms with Crippen LogP contribution in [0.3, 0.4) is 0 Å². The van der Waals surface area contributed by atoms with E-state index in [0.717, 1.165) is 78.4 Å². The molecule has 0 N–H and O–H groups in total. The zero-order chi connectivity index (χ0) is 52.1. The monoisotopic (exact) mass is 998 g/mol. The molecule has 0 saturated carbocycles. The van der Waals surface area contributed by atoms with Crippen molar-refractivity contribution >= 4 is 66.7 Å². The molecule has 0 aliphatic heterocycles. The molecule has 11 aromatic carbocycles. The largest absolute Gasteiger partial charge is 0.310 e. The zero-order valence-corrected chi connectivity index (χ0v) is 43.8. The smallest absolute Gasteiger partial charge is 0.140 e. The second-order valence-electron chi connectivity index (χ2n) is 21.5. The van der Waals surface area contributed by atoms with Crippen LogP contribution >= 0.6 is 0 Å². The molecule has 78 heavy (non-hydrogen) atoms. The predicted octanol–water partition coefficient (Wildman–Crippen LogP) is 19.2. The van der Waals surface area contributed by atoms with Crippen LogP contribution in [0.1, 0.15) is 52.8 Å². The van der Waals surface area contributed by atoms with Crippen LogP contribution in [0.25, 0.3) is 60.6 Å². The molecule has 2 heterocycles. The van der Waals surface area contributed by atoms with Crippen molar-refractivity contribution in [2.45, 2.75) is 31.6 Å². The third-order valence-electron chi connectivity index (χ3n) is 16.9. The Balaban J connectivity index is 1.18. The number of aromatic nitrogens is 2. The van der Waals surface area contributed by atoms with Crippen molar-refractivity contribution in [3.63, 3.8) is 0 Å². The Morgan fingerprint density at radius 3 is 1.44 bits per heavy atom. The minimum Gasteiger partial charge on any atom is -0.310 e. The molecule has 4 heteroatoms. The quantitative estimate of drug-likeness (QED) is 0.152. The van der Waals surface area contributed by atoms with Crippen LogP contribution in [0, 0.1) is 6.92 Å². The highest BCUT2D eigenvalue weighted by Gasteiger charge is 2.54. The summed E-state index contributed by atoms with van der Waals surface area (Å²) in [5.41, 5.74) is 21.2. The maximum atomic E-state index is 5.64. The van der Waals surface area contributed by atoms with Gasteiger partial charge in [0.2, 0.25) is 0 Å². The summed E-state index contributed by atoms with van der Waals surface area (Å²) in [5.74, 6) is 0.886. The van der Waals surface area contributed by atoms with Gasteiger partial charge in [-0.05, 0) is 153 Å². The van der Waals surface area contributed by atoms with E-state index in [1.165, 1.54) is 55.3 Å². The SMILES string of the molecule is Cc1cc(-c2ccccc2)cnc1-n1c2cc(N(c3ccccc3)c3ccccc3)ccc2c2c(N(c3ccccc3)c3ccccc3)cc3c(c21)-c1cc2ccccc2cc1C31c2ccccc2C(C)(C)c2ccccc21. The van der Waals surface area contributed by atoms with Crippen molar-refractivity contribution in [3.8, 4) is 28.1 Å². The van der Waals surface area contributed by atoms with E-state index in [2.05, 4.69) is 308 Å². The fourth-order valence-corrected chi connectivity index (χ4v) is 13.5. The first-order chi connectivity index (χ1) is 38.4. The number of pyridine rings is 1. The molecule has 0 bridgehead atoms. The molecule has 4 nitrogen and oxygen atoms in total. The van der Waals surface area contributed by atoms with Gasteiger partial charge in [0.15, 0.2) is 0 Å². The summed E-state index contributed by atoms with van der Waals surface area (Å²) in [7, 11) is 0. The number of fused-ring (bicyclic) bond motifs is 14.